The predicted octanol–water partition coefficient (Wildman–Crippen LogP) is 1.83. The summed E-state index contributed by atoms with van der Waals surface area (Å²) in [6.07, 6.45) is 8.20. The lowest BCUT2D eigenvalue weighted by Crippen LogP contribution is -2.47. The Morgan fingerprint density at radius 1 is 1.21 bits per heavy atom. The molecule has 2 aromatic heterocycles. The number of fused-ring (bicyclic) bond motifs is 1. The van der Waals surface area contributed by atoms with Crippen molar-refractivity contribution >= 4 is 42.3 Å². The van der Waals surface area contributed by atoms with Crippen LogP contribution in [0.25, 0.3) is 5.65 Å². The number of carbonyl (C=O) groups is 2. The lowest BCUT2D eigenvalue weighted by atomic mass is 9.97. The van der Waals surface area contributed by atoms with E-state index in [1.165, 1.54) is 0 Å². The number of amides is 2. The largest absolute Gasteiger partial charge is 0.354 e. The lowest BCUT2D eigenvalue weighted by molar-refractivity contribution is -0.132. The SMILES string of the molecule is Cl.Cl.O=C(NCC1CCCN(C(=O)Cc2cn3ccccc3n2)C1)C1CCCN1. The molecule has 2 aliphatic heterocycles. The second-order valence-electron chi connectivity index (χ2n) is 7.62. The molecule has 160 valence electrons. The van der Waals surface area contributed by atoms with E-state index in [-0.39, 0.29) is 42.7 Å². The van der Waals surface area contributed by atoms with Gasteiger partial charge in [-0.15, -0.1) is 24.8 Å². The van der Waals surface area contributed by atoms with Crippen LogP contribution in [0.5, 0.6) is 0 Å². The van der Waals surface area contributed by atoms with Gasteiger partial charge in [0, 0.05) is 32.0 Å². The van der Waals surface area contributed by atoms with Crippen molar-refractivity contribution in [2.75, 3.05) is 26.2 Å². The molecular weight excluding hydrogens is 413 g/mol. The maximum Gasteiger partial charge on any atom is 0.237 e. The molecule has 2 N–H and O–H groups in total. The highest BCUT2D eigenvalue weighted by atomic mass is 35.5. The van der Waals surface area contributed by atoms with Crippen molar-refractivity contribution in [3.63, 3.8) is 0 Å². The summed E-state index contributed by atoms with van der Waals surface area (Å²) in [5.74, 6) is 0.543. The standard InChI is InChI=1S/C20H27N5O2.2ClH/c26-19(11-16-14-24-9-2-1-7-18(24)23-16)25-10-4-5-15(13-25)12-22-20(27)17-6-3-8-21-17;;/h1-2,7,9,14-15,17,21H,3-6,8,10-13H2,(H,22,27);2*1H. The van der Waals surface area contributed by atoms with Crippen LogP contribution in [-0.2, 0) is 16.0 Å². The Hall–Kier alpha value is -1.83. The minimum Gasteiger partial charge on any atom is -0.354 e. The summed E-state index contributed by atoms with van der Waals surface area (Å²) in [6, 6.07) is 5.79. The second-order valence-corrected chi connectivity index (χ2v) is 7.62. The molecule has 29 heavy (non-hydrogen) atoms. The van der Waals surface area contributed by atoms with E-state index in [4.69, 9.17) is 0 Å². The van der Waals surface area contributed by atoms with E-state index in [9.17, 15) is 9.59 Å². The average molecular weight is 442 g/mol. The molecule has 9 heteroatoms. The number of imidazole rings is 1. The third kappa shape index (κ3) is 5.84. The van der Waals surface area contributed by atoms with Gasteiger partial charge >= 0.3 is 0 Å². The molecule has 7 nitrogen and oxygen atoms in total. The van der Waals surface area contributed by atoms with E-state index in [0.717, 1.165) is 50.1 Å². The molecule has 2 amide bonds. The fourth-order valence-electron chi connectivity index (χ4n) is 4.07. The third-order valence-electron chi connectivity index (χ3n) is 5.56. The molecule has 2 unspecified atom stereocenters. The highest BCUT2D eigenvalue weighted by Crippen LogP contribution is 2.17. The monoisotopic (exact) mass is 441 g/mol. The third-order valence-corrected chi connectivity index (χ3v) is 5.56. The first kappa shape index (κ1) is 23.4. The number of likely N-dealkylation sites (tertiary alicyclic amines) is 1. The van der Waals surface area contributed by atoms with Crippen molar-refractivity contribution in [3.8, 4) is 0 Å². The molecule has 2 aromatic rings. The predicted molar refractivity (Wildman–Crippen MR) is 117 cm³/mol. The number of nitrogens with zero attached hydrogens (tertiary/aromatic N) is 3. The van der Waals surface area contributed by atoms with Gasteiger partial charge < -0.3 is 19.9 Å². The molecule has 2 saturated heterocycles. The van der Waals surface area contributed by atoms with Crippen LogP contribution in [0, 0.1) is 5.92 Å². The van der Waals surface area contributed by atoms with Gasteiger partial charge in [0.05, 0.1) is 18.2 Å². The smallest absolute Gasteiger partial charge is 0.237 e. The quantitative estimate of drug-likeness (QED) is 0.741. The molecule has 2 fully saturated rings. The van der Waals surface area contributed by atoms with Gasteiger partial charge in [-0.25, -0.2) is 4.98 Å². The Morgan fingerprint density at radius 2 is 2.07 bits per heavy atom. The van der Waals surface area contributed by atoms with Gasteiger partial charge in [-0.1, -0.05) is 6.07 Å². The van der Waals surface area contributed by atoms with Crippen LogP contribution >= 0.6 is 24.8 Å². The topological polar surface area (TPSA) is 78.7 Å². The molecule has 0 spiro atoms. The van der Waals surface area contributed by atoms with Crippen molar-refractivity contribution in [1.82, 2.24) is 24.9 Å². The van der Waals surface area contributed by atoms with E-state index < -0.39 is 0 Å². The summed E-state index contributed by atoms with van der Waals surface area (Å²) >= 11 is 0. The Morgan fingerprint density at radius 3 is 2.83 bits per heavy atom. The lowest BCUT2D eigenvalue weighted by Gasteiger charge is -2.33. The van der Waals surface area contributed by atoms with E-state index >= 15 is 0 Å². The number of nitrogens with one attached hydrogen (secondary N) is 2. The van der Waals surface area contributed by atoms with Gasteiger partial charge in [-0.05, 0) is 50.3 Å². The summed E-state index contributed by atoms with van der Waals surface area (Å²) in [4.78, 5) is 31.3. The minimum absolute atomic E-state index is 0. The number of pyridine rings is 1. The minimum atomic E-state index is -0.0404. The fraction of sp³-hybridized carbons (Fsp3) is 0.550. The number of aromatic nitrogens is 2. The van der Waals surface area contributed by atoms with Crippen molar-refractivity contribution < 1.29 is 9.59 Å². The zero-order valence-electron chi connectivity index (χ0n) is 16.4. The number of hydrogen-bond acceptors (Lipinski definition) is 4. The van der Waals surface area contributed by atoms with Crippen molar-refractivity contribution in [2.45, 2.75) is 38.1 Å². The average Bonchev–Trinajstić information content (AvgIpc) is 3.35. The van der Waals surface area contributed by atoms with Crippen LogP contribution < -0.4 is 10.6 Å². The van der Waals surface area contributed by atoms with Gasteiger partial charge in [0.15, 0.2) is 0 Å². The summed E-state index contributed by atoms with van der Waals surface area (Å²) < 4.78 is 1.94. The summed E-state index contributed by atoms with van der Waals surface area (Å²) in [5.41, 5.74) is 1.66. The Balaban J connectivity index is 0.00000150. The zero-order valence-corrected chi connectivity index (χ0v) is 18.0. The number of rotatable bonds is 5. The van der Waals surface area contributed by atoms with Crippen LogP contribution in [0.1, 0.15) is 31.4 Å². The van der Waals surface area contributed by atoms with Crippen molar-refractivity contribution in [3.05, 3.63) is 36.3 Å². The van der Waals surface area contributed by atoms with E-state index in [0.29, 0.717) is 25.4 Å². The summed E-state index contributed by atoms with van der Waals surface area (Å²) in [5, 5.41) is 6.29. The van der Waals surface area contributed by atoms with Crippen molar-refractivity contribution in [1.29, 1.82) is 0 Å². The molecule has 0 aliphatic carbocycles. The van der Waals surface area contributed by atoms with Gasteiger partial charge in [0.25, 0.3) is 0 Å². The maximum atomic E-state index is 12.7. The molecule has 4 rings (SSSR count). The van der Waals surface area contributed by atoms with Crippen molar-refractivity contribution in [2.24, 2.45) is 5.92 Å². The first-order valence-electron chi connectivity index (χ1n) is 9.90. The number of halogens is 2. The van der Waals surface area contributed by atoms with Gasteiger partial charge in [-0.2, -0.15) is 0 Å². The Kier molecular flexibility index (Phi) is 8.74. The molecule has 0 bridgehead atoms. The van der Waals surface area contributed by atoms with Gasteiger partial charge in [-0.3, -0.25) is 9.59 Å². The van der Waals surface area contributed by atoms with Gasteiger partial charge in [0.2, 0.25) is 11.8 Å². The Bertz CT molecular complexity index is 789. The van der Waals surface area contributed by atoms with E-state index in [1.807, 2.05) is 39.9 Å². The molecular formula is C20H29Cl2N5O2. The molecule has 4 heterocycles. The number of piperidine rings is 1. The molecule has 0 radical (unpaired) electrons. The molecule has 0 aromatic carbocycles. The molecule has 0 saturated carbocycles. The van der Waals surface area contributed by atoms with Crippen LogP contribution in [0.3, 0.4) is 0 Å². The fourth-order valence-corrected chi connectivity index (χ4v) is 4.07. The molecule has 2 atom stereocenters. The maximum absolute atomic E-state index is 12.7. The van der Waals surface area contributed by atoms with Crippen LogP contribution in [-0.4, -0.2) is 58.3 Å². The number of carbonyl (C=O) groups excluding carboxylic acids is 2. The highest BCUT2D eigenvalue weighted by Gasteiger charge is 2.26. The van der Waals surface area contributed by atoms with Gasteiger partial charge in [0.1, 0.15) is 5.65 Å². The first-order chi connectivity index (χ1) is 13.2. The summed E-state index contributed by atoms with van der Waals surface area (Å²) in [7, 11) is 0. The number of hydrogen-bond donors (Lipinski definition) is 2. The first-order valence-corrected chi connectivity index (χ1v) is 9.90. The second kappa shape index (κ2) is 10.8. The van der Waals surface area contributed by atoms with Crippen LogP contribution in [0.4, 0.5) is 0 Å². The normalized spacial score (nSPS) is 21.3. The van der Waals surface area contributed by atoms with Crippen LogP contribution in [0.15, 0.2) is 30.6 Å². The van der Waals surface area contributed by atoms with E-state index in [2.05, 4.69) is 15.6 Å². The van der Waals surface area contributed by atoms with Crippen LogP contribution in [0.2, 0.25) is 0 Å². The highest BCUT2D eigenvalue weighted by molar-refractivity contribution is 5.85. The van der Waals surface area contributed by atoms with E-state index in [1.54, 1.807) is 0 Å². The Labute approximate surface area is 183 Å². The molecule has 2 aliphatic rings. The summed E-state index contributed by atoms with van der Waals surface area (Å²) in [6.45, 7) is 3.08. The zero-order chi connectivity index (χ0) is 18.6.